The number of benzene rings is 2. The van der Waals surface area contributed by atoms with Gasteiger partial charge in [-0.2, -0.15) is 0 Å². The van der Waals surface area contributed by atoms with E-state index in [9.17, 15) is 0 Å². The average Bonchev–Trinajstić information content (AvgIpc) is 3.69. The highest BCUT2D eigenvalue weighted by atomic mass is 16.5. The van der Waals surface area contributed by atoms with Crippen molar-refractivity contribution in [2.75, 3.05) is 13.1 Å². The first-order valence-electron chi connectivity index (χ1n) is 12.7. The summed E-state index contributed by atoms with van der Waals surface area (Å²) < 4.78 is 6.13. The third-order valence-corrected chi connectivity index (χ3v) is 7.61. The Labute approximate surface area is 204 Å². The van der Waals surface area contributed by atoms with Crippen LogP contribution in [0.1, 0.15) is 60.5 Å². The zero-order valence-corrected chi connectivity index (χ0v) is 19.7. The number of rotatable bonds is 4. The minimum atomic E-state index is 0.342. The van der Waals surface area contributed by atoms with Gasteiger partial charge in [0, 0.05) is 0 Å². The fraction of sp³-hybridized carbons (Fsp3) is 0.357. The van der Waals surface area contributed by atoms with Crippen LogP contribution in [0.4, 0.5) is 0 Å². The molecule has 2 saturated heterocycles. The second kappa shape index (κ2) is 8.75. The topological polar surface area (TPSA) is 90.7 Å². The summed E-state index contributed by atoms with van der Waals surface area (Å²) in [5.74, 6) is 2.07. The Kier molecular flexibility index (Phi) is 5.26. The van der Waals surface area contributed by atoms with E-state index in [0.29, 0.717) is 25.3 Å². The van der Waals surface area contributed by atoms with Crippen LogP contribution in [0.3, 0.4) is 0 Å². The molecule has 2 atom stereocenters. The summed E-state index contributed by atoms with van der Waals surface area (Å²) in [5.41, 5.74) is 9.31. The number of aromatic nitrogens is 4. The average molecular weight is 467 g/mol. The number of nitrogens with one attached hydrogen (secondary N) is 4. The molecule has 0 unspecified atom stereocenters. The van der Waals surface area contributed by atoms with E-state index in [1.54, 1.807) is 0 Å². The summed E-state index contributed by atoms with van der Waals surface area (Å²) >= 11 is 0. The second-order valence-corrected chi connectivity index (χ2v) is 9.90. The van der Waals surface area contributed by atoms with Crippen LogP contribution in [-0.2, 0) is 18.0 Å². The van der Waals surface area contributed by atoms with E-state index in [-0.39, 0.29) is 0 Å². The normalized spacial score (nSPS) is 21.6. The van der Waals surface area contributed by atoms with Gasteiger partial charge in [0.25, 0.3) is 0 Å². The number of H-pyrrole nitrogens is 2. The highest BCUT2D eigenvalue weighted by Crippen LogP contribution is 2.36. The van der Waals surface area contributed by atoms with E-state index in [1.165, 1.54) is 35.1 Å². The lowest BCUT2D eigenvalue weighted by Crippen LogP contribution is -2.14. The van der Waals surface area contributed by atoms with Crippen molar-refractivity contribution in [1.82, 2.24) is 30.6 Å². The number of hydrogen-bond donors (Lipinski definition) is 4. The third kappa shape index (κ3) is 3.89. The maximum absolute atomic E-state index is 6.13. The maximum Gasteiger partial charge on any atom is 0.123 e. The molecule has 4 aromatic rings. The first kappa shape index (κ1) is 21.1. The maximum atomic E-state index is 6.13. The number of ether oxygens (including phenoxy) is 1. The minimum absolute atomic E-state index is 0.342. The SMILES string of the molecule is c1cc2c(cc1-c1cnc([C@@H]3CCCN3)[nH]1)COCc1cc(-c3cnc([C@@H]4CCCN4)[nH]3)ccc1-2. The van der Waals surface area contributed by atoms with Crippen molar-refractivity contribution in [3.63, 3.8) is 0 Å². The third-order valence-electron chi connectivity index (χ3n) is 7.61. The number of hydrogen-bond acceptors (Lipinski definition) is 5. The Morgan fingerprint density at radius 1 is 0.686 bits per heavy atom. The van der Waals surface area contributed by atoms with Gasteiger partial charge in [-0.05, 0) is 84.3 Å². The van der Waals surface area contributed by atoms with Crippen molar-refractivity contribution >= 4 is 0 Å². The van der Waals surface area contributed by atoms with Crippen molar-refractivity contribution in [1.29, 1.82) is 0 Å². The van der Waals surface area contributed by atoms with Crippen LogP contribution in [0.2, 0.25) is 0 Å². The van der Waals surface area contributed by atoms with E-state index in [2.05, 4.69) is 67.0 Å². The van der Waals surface area contributed by atoms with E-state index >= 15 is 0 Å². The molecule has 0 aliphatic carbocycles. The van der Waals surface area contributed by atoms with Crippen LogP contribution < -0.4 is 10.6 Å². The van der Waals surface area contributed by atoms with Crippen molar-refractivity contribution < 1.29 is 4.74 Å². The highest BCUT2D eigenvalue weighted by molar-refractivity contribution is 5.77. The summed E-state index contributed by atoms with van der Waals surface area (Å²) in [6, 6.07) is 14.0. The molecule has 178 valence electrons. The molecule has 0 bridgehead atoms. The molecule has 2 aromatic carbocycles. The van der Waals surface area contributed by atoms with E-state index < -0.39 is 0 Å². The predicted molar refractivity (Wildman–Crippen MR) is 135 cm³/mol. The van der Waals surface area contributed by atoms with E-state index in [1.807, 2.05) is 12.4 Å². The quantitative estimate of drug-likeness (QED) is 0.339. The lowest BCUT2D eigenvalue weighted by atomic mass is 9.93. The van der Waals surface area contributed by atoms with Crippen molar-refractivity contribution in [2.45, 2.75) is 51.0 Å². The van der Waals surface area contributed by atoms with Crippen LogP contribution in [0.25, 0.3) is 33.6 Å². The molecule has 7 nitrogen and oxygen atoms in total. The van der Waals surface area contributed by atoms with Gasteiger partial charge in [-0.25, -0.2) is 9.97 Å². The molecule has 0 spiro atoms. The van der Waals surface area contributed by atoms with Gasteiger partial charge in [-0.3, -0.25) is 0 Å². The largest absolute Gasteiger partial charge is 0.372 e. The second-order valence-electron chi connectivity index (χ2n) is 9.90. The van der Waals surface area contributed by atoms with Gasteiger partial charge in [0.05, 0.1) is 49.1 Å². The van der Waals surface area contributed by atoms with Gasteiger partial charge in [-0.1, -0.05) is 24.3 Å². The van der Waals surface area contributed by atoms with Crippen LogP contribution in [0, 0.1) is 0 Å². The van der Waals surface area contributed by atoms with Gasteiger partial charge in [0.15, 0.2) is 0 Å². The molecule has 35 heavy (non-hydrogen) atoms. The Morgan fingerprint density at radius 2 is 1.20 bits per heavy atom. The molecule has 3 aliphatic rings. The van der Waals surface area contributed by atoms with Gasteiger partial charge in [0.2, 0.25) is 0 Å². The number of aromatic amines is 2. The summed E-state index contributed by atoms with van der Waals surface area (Å²) in [5, 5.41) is 7.03. The van der Waals surface area contributed by atoms with Crippen LogP contribution in [0.5, 0.6) is 0 Å². The summed E-state index contributed by atoms with van der Waals surface area (Å²) in [4.78, 5) is 16.4. The van der Waals surface area contributed by atoms with Crippen molar-refractivity contribution in [2.24, 2.45) is 0 Å². The smallest absolute Gasteiger partial charge is 0.123 e. The zero-order chi connectivity index (χ0) is 23.2. The minimum Gasteiger partial charge on any atom is -0.372 e. The standard InChI is InChI=1S/C28H30N6O/c1-3-23(29-9-1)27-31-13-25(33-27)17-5-7-21-19(11-17)15-35-16-20-12-18(6-8-22(20)21)26-14-32-28(34-26)24-4-2-10-30-24/h5-8,11-14,23-24,29-30H,1-4,9-10,15-16H2,(H,31,33)(H,32,34)/t23-,24-/m0/s1. The molecule has 5 heterocycles. The van der Waals surface area contributed by atoms with Crippen molar-refractivity contribution in [3.05, 3.63) is 71.6 Å². The Balaban J connectivity index is 1.18. The monoisotopic (exact) mass is 466 g/mol. The molecule has 7 rings (SSSR count). The molecule has 3 aliphatic heterocycles. The molecule has 0 saturated carbocycles. The number of imidazole rings is 2. The van der Waals surface area contributed by atoms with Gasteiger partial charge in [0.1, 0.15) is 11.6 Å². The molecule has 7 heteroatoms. The van der Waals surface area contributed by atoms with Crippen LogP contribution in [0.15, 0.2) is 48.8 Å². The van der Waals surface area contributed by atoms with Gasteiger partial charge >= 0.3 is 0 Å². The summed E-state index contributed by atoms with van der Waals surface area (Å²) in [6.45, 7) is 3.33. The molecular formula is C28H30N6O. The van der Waals surface area contributed by atoms with E-state index in [4.69, 9.17) is 4.74 Å². The van der Waals surface area contributed by atoms with E-state index in [0.717, 1.165) is 60.1 Å². The fourth-order valence-electron chi connectivity index (χ4n) is 5.71. The first-order valence-corrected chi connectivity index (χ1v) is 12.7. The molecule has 0 amide bonds. The molecular weight excluding hydrogens is 436 g/mol. The lowest BCUT2D eigenvalue weighted by Gasteiger charge is -2.11. The fourth-order valence-corrected chi connectivity index (χ4v) is 5.71. The predicted octanol–water partition coefficient (Wildman–Crippen LogP) is 5.01. The number of fused-ring (bicyclic) bond motifs is 3. The van der Waals surface area contributed by atoms with Crippen molar-refractivity contribution in [3.8, 4) is 33.6 Å². The van der Waals surface area contributed by atoms with Crippen LogP contribution >= 0.6 is 0 Å². The van der Waals surface area contributed by atoms with Crippen LogP contribution in [-0.4, -0.2) is 33.0 Å². The lowest BCUT2D eigenvalue weighted by molar-refractivity contribution is 0.110. The number of nitrogens with zero attached hydrogens (tertiary/aromatic N) is 2. The zero-order valence-electron chi connectivity index (χ0n) is 19.7. The Morgan fingerprint density at radius 3 is 1.66 bits per heavy atom. The first-order chi connectivity index (χ1) is 17.3. The molecule has 2 fully saturated rings. The molecule has 2 aromatic heterocycles. The molecule has 4 N–H and O–H groups in total. The Bertz CT molecular complexity index is 1260. The summed E-state index contributed by atoms with van der Waals surface area (Å²) in [6.07, 6.45) is 8.60. The van der Waals surface area contributed by atoms with Gasteiger partial charge in [-0.15, -0.1) is 0 Å². The Hall–Kier alpha value is -3.26. The molecule has 0 radical (unpaired) electrons. The highest BCUT2D eigenvalue weighted by Gasteiger charge is 2.22. The summed E-state index contributed by atoms with van der Waals surface area (Å²) in [7, 11) is 0. The van der Waals surface area contributed by atoms with Gasteiger partial charge < -0.3 is 25.3 Å².